The third-order valence-electron chi connectivity index (χ3n) is 3.49. The summed E-state index contributed by atoms with van der Waals surface area (Å²) in [5.74, 6) is 0. The summed E-state index contributed by atoms with van der Waals surface area (Å²) in [6, 6.07) is 8.22. The number of halogens is 1. The molecule has 1 atom stereocenters. The molecular weight excluding hydrogens is 290 g/mol. The van der Waals surface area contributed by atoms with Gasteiger partial charge in [0.1, 0.15) is 0 Å². The lowest BCUT2D eigenvalue weighted by atomic mass is 10.1. The van der Waals surface area contributed by atoms with E-state index >= 15 is 0 Å². The van der Waals surface area contributed by atoms with Crippen molar-refractivity contribution in [1.82, 2.24) is 14.7 Å². The number of hydrogen-bond donors (Lipinski definition) is 1. The lowest BCUT2D eigenvalue weighted by Crippen LogP contribution is -2.19. The summed E-state index contributed by atoms with van der Waals surface area (Å²) in [6.45, 7) is 4.99. The number of aryl methyl sites for hydroxylation is 1. The zero-order valence-electron chi connectivity index (χ0n) is 11.4. The monoisotopic (exact) mass is 305 g/mol. The fourth-order valence-corrected chi connectivity index (χ4v) is 3.27. The summed E-state index contributed by atoms with van der Waals surface area (Å²) in [5.41, 5.74) is 3.50. The summed E-state index contributed by atoms with van der Waals surface area (Å²) in [4.78, 5) is 5.61. The maximum atomic E-state index is 6.04. The number of benzene rings is 1. The average Bonchev–Trinajstić information content (AvgIpc) is 2.97. The van der Waals surface area contributed by atoms with Crippen molar-refractivity contribution in [3.63, 3.8) is 0 Å². The van der Waals surface area contributed by atoms with Crippen LogP contribution in [0.4, 0.5) is 0 Å². The van der Waals surface area contributed by atoms with E-state index < -0.39 is 0 Å². The molecule has 0 radical (unpaired) electrons. The summed E-state index contributed by atoms with van der Waals surface area (Å²) in [5, 5.41) is 6.37. The highest BCUT2D eigenvalue weighted by Crippen LogP contribution is 2.20. The summed E-state index contributed by atoms with van der Waals surface area (Å²) in [6.07, 6.45) is 2.07. The van der Waals surface area contributed by atoms with E-state index in [9.17, 15) is 0 Å². The topological polar surface area (TPSA) is 29.3 Å². The highest BCUT2D eigenvalue weighted by atomic mass is 35.5. The minimum absolute atomic E-state index is 0.247. The van der Waals surface area contributed by atoms with E-state index in [0.717, 1.165) is 22.2 Å². The van der Waals surface area contributed by atoms with Crippen LogP contribution in [0.2, 0.25) is 5.02 Å². The number of fused-ring (bicyclic) bond motifs is 1. The smallest absolute Gasteiger partial charge is 0.194 e. The number of hydrogen-bond acceptors (Lipinski definition) is 3. The van der Waals surface area contributed by atoms with Crippen LogP contribution in [-0.2, 0) is 6.54 Å². The molecule has 5 heteroatoms. The molecule has 0 fully saturated rings. The zero-order valence-corrected chi connectivity index (χ0v) is 13.0. The van der Waals surface area contributed by atoms with Gasteiger partial charge in [-0.2, -0.15) is 0 Å². The average molecular weight is 306 g/mol. The Morgan fingerprint density at radius 1 is 1.45 bits per heavy atom. The number of nitrogens with zero attached hydrogens (tertiary/aromatic N) is 2. The van der Waals surface area contributed by atoms with Gasteiger partial charge < -0.3 is 5.32 Å². The van der Waals surface area contributed by atoms with Crippen molar-refractivity contribution in [3.8, 4) is 0 Å². The Kier molecular flexibility index (Phi) is 3.78. The van der Waals surface area contributed by atoms with Crippen LogP contribution in [0, 0.1) is 6.92 Å². The second-order valence-corrected chi connectivity index (χ2v) is 6.17. The molecule has 0 aliphatic rings. The second kappa shape index (κ2) is 5.56. The van der Waals surface area contributed by atoms with Gasteiger partial charge in [0.15, 0.2) is 4.96 Å². The Morgan fingerprint density at radius 2 is 2.30 bits per heavy atom. The number of imidazole rings is 1. The van der Waals surface area contributed by atoms with Gasteiger partial charge in [0.2, 0.25) is 0 Å². The van der Waals surface area contributed by atoms with Crippen molar-refractivity contribution < 1.29 is 0 Å². The Bertz CT molecular complexity index is 732. The molecule has 20 heavy (non-hydrogen) atoms. The molecule has 1 unspecified atom stereocenters. The fraction of sp³-hybridized carbons (Fsp3) is 0.267. The molecular formula is C15H16ClN3S. The standard InChI is InChI=1S/C15H16ClN3S/c1-10(12-4-3-5-13(16)8-12)17-9-14-11(2)18-15-19(14)6-7-20-15/h3-8,10,17H,9H2,1-2H3. The minimum atomic E-state index is 0.247. The molecule has 3 nitrogen and oxygen atoms in total. The molecule has 0 bridgehead atoms. The van der Waals surface area contributed by atoms with Gasteiger partial charge in [-0.3, -0.25) is 4.40 Å². The molecule has 0 saturated carbocycles. The Hall–Kier alpha value is -1.36. The fourth-order valence-electron chi connectivity index (χ4n) is 2.30. The minimum Gasteiger partial charge on any atom is -0.305 e. The number of rotatable bonds is 4. The quantitative estimate of drug-likeness (QED) is 0.782. The predicted octanol–water partition coefficient (Wildman–Crippen LogP) is 4.21. The van der Waals surface area contributed by atoms with Crippen LogP contribution in [0.1, 0.15) is 29.9 Å². The second-order valence-electron chi connectivity index (χ2n) is 4.86. The van der Waals surface area contributed by atoms with Crippen molar-refractivity contribution in [1.29, 1.82) is 0 Å². The van der Waals surface area contributed by atoms with Gasteiger partial charge in [-0.05, 0) is 31.5 Å². The van der Waals surface area contributed by atoms with Crippen LogP contribution < -0.4 is 5.32 Å². The predicted molar refractivity (Wildman–Crippen MR) is 84.5 cm³/mol. The third kappa shape index (κ3) is 2.59. The van der Waals surface area contributed by atoms with E-state index in [0.29, 0.717) is 0 Å². The summed E-state index contributed by atoms with van der Waals surface area (Å²) >= 11 is 7.70. The largest absolute Gasteiger partial charge is 0.305 e. The normalized spacial score (nSPS) is 12.9. The molecule has 2 aromatic heterocycles. The van der Waals surface area contributed by atoms with Crippen molar-refractivity contribution in [3.05, 3.63) is 57.8 Å². The zero-order chi connectivity index (χ0) is 14.1. The molecule has 0 saturated heterocycles. The van der Waals surface area contributed by atoms with Gasteiger partial charge in [0.25, 0.3) is 0 Å². The number of nitrogens with one attached hydrogen (secondary N) is 1. The van der Waals surface area contributed by atoms with E-state index in [2.05, 4.69) is 46.2 Å². The lowest BCUT2D eigenvalue weighted by Gasteiger charge is -2.14. The number of aromatic nitrogens is 2. The maximum absolute atomic E-state index is 6.04. The SMILES string of the molecule is Cc1nc2sccn2c1CNC(C)c1cccc(Cl)c1. The Morgan fingerprint density at radius 3 is 3.10 bits per heavy atom. The first-order valence-electron chi connectivity index (χ1n) is 6.55. The van der Waals surface area contributed by atoms with Gasteiger partial charge in [-0.25, -0.2) is 4.98 Å². The first kappa shape index (κ1) is 13.6. The molecule has 2 heterocycles. The third-order valence-corrected chi connectivity index (χ3v) is 4.48. The molecule has 3 rings (SSSR count). The van der Waals surface area contributed by atoms with Crippen LogP contribution in [0.5, 0.6) is 0 Å². The van der Waals surface area contributed by atoms with E-state index in [-0.39, 0.29) is 6.04 Å². The van der Waals surface area contributed by atoms with Crippen molar-refractivity contribution >= 4 is 27.9 Å². The van der Waals surface area contributed by atoms with Crippen LogP contribution in [0.3, 0.4) is 0 Å². The highest BCUT2D eigenvalue weighted by Gasteiger charge is 2.11. The first-order valence-corrected chi connectivity index (χ1v) is 7.81. The lowest BCUT2D eigenvalue weighted by molar-refractivity contribution is 0.564. The first-order chi connectivity index (χ1) is 9.65. The van der Waals surface area contributed by atoms with Crippen molar-refractivity contribution in [2.75, 3.05) is 0 Å². The number of thiazole rings is 1. The van der Waals surface area contributed by atoms with Gasteiger partial charge in [-0.15, -0.1) is 11.3 Å². The van der Waals surface area contributed by atoms with Gasteiger partial charge in [0.05, 0.1) is 11.4 Å². The molecule has 0 aliphatic heterocycles. The van der Waals surface area contributed by atoms with Gasteiger partial charge >= 0.3 is 0 Å². The molecule has 1 N–H and O–H groups in total. The van der Waals surface area contributed by atoms with Crippen LogP contribution in [0.15, 0.2) is 35.8 Å². The van der Waals surface area contributed by atoms with Crippen LogP contribution >= 0.6 is 22.9 Å². The van der Waals surface area contributed by atoms with E-state index in [1.165, 1.54) is 11.3 Å². The van der Waals surface area contributed by atoms with E-state index in [1.807, 2.05) is 18.2 Å². The summed E-state index contributed by atoms with van der Waals surface area (Å²) < 4.78 is 2.15. The van der Waals surface area contributed by atoms with Crippen molar-refractivity contribution in [2.24, 2.45) is 0 Å². The van der Waals surface area contributed by atoms with Crippen molar-refractivity contribution in [2.45, 2.75) is 26.4 Å². The maximum Gasteiger partial charge on any atom is 0.194 e. The molecule has 1 aromatic carbocycles. The molecule has 3 aromatic rings. The van der Waals surface area contributed by atoms with Crippen LogP contribution in [-0.4, -0.2) is 9.38 Å². The van der Waals surface area contributed by atoms with E-state index in [4.69, 9.17) is 11.6 Å². The molecule has 0 spiro atoms. The summed E-state index contributed by atoms with van der Waals surface area (Å²) in [7, 11) is 0. The Balaban J connectivity index is 1.76. The van der Waals surface area contributed by atoms with Gasteiger partial charge in [0, 0.05) is 29.2 Å². The van der Waals surface area contributed by atoms with Gasteiger partial charge in [-0.1, -0.05) is 23.7 Å². The van der Waals surface area contributed by atoms with E-state index in [1.54, 1.807) is 11.3 Å². The highest BCUT2D eigenvalue weighted by molar-refractivity contribution is 7.15. The molecule has 0 amide bonds. The Labute approximate surface area is 127 Å². The molecule has 104 valence electrons. The molecule has 0 aliphatic carbocycles. The van der Waals surface area contributed by atoms with Crippen LogP contribution in [0.25, 0.3) is 4.96 Å².